The lowest BCUT2D eigenvalue weighted by Crippen LogP contribution is -2.50. The van der Waals surface area contributed by atoms with E-state index in [1.165, 1.54) is 18.2 Å². The van der Waals surface area contributed by atoms with E-state index in [1.54, 1.807) is 78.9 Å². The number of hydrogen-bond acceptors (Lipinski definition) is 5. The number of amides is 2. The molecule has 1 aliphatic rings. The summed E-state index contributed by atoms with van der Waals surface area (Å²) in [6.45, 7) is 6.80. The van der Waals surface area contributed by atoms with Crippen LogP contribution >= 0.6 is 0 Å². The van der Waals surface area contributed by atoms with Crippen molar-refractivity contribution in [2.45, 2.75) is 32.8 Å². The fraction of sp³-hybridized carbons (Fsp3) is 0.281. The zero-order valence-electron chi connectivity index (χ0n) is 23.7. The van der Waals surface area contributed by atoms with E-state index >= 15 is 4.39 Å². The number of halogens is 2. The number of nitrogens with one attached hydrogen (secondary N) is 1. The van der Waals surface area contributed by atoms with Crippen LogP contribution in [0.2, 0.25) is 0 Å². The maximum Gasteiger partial charge on any atom is 0.410 e. The van der Waals surface area contributed by atoms with Crippen molar-refractivity contribution in [2.24, 2.45) is 0 Å². The van der Waals surface area contributed by atoms with Crippen LogP contribution in [-0.4, -0.2) is 53.2 Å². The SMILES string of the molecule is CC(C)(C)OC(=O)N1CCN(c2cc3c(cc2F)c(=O)c(CC(=O)Nc2ccccc2)cn3-c2ccc(F)cc2)CC1. The smallest absolute Gasteiger partial charge is 0.410 e. The number of fused-ring (bicyclic) bond motifs is 1. The number of carbonyl (C=O) groups is 2. The van der Waals surface area contributed by atoms with E-state index in [4.69, 9.17) is 4.74 Å². The monoisotopic (exact) mass is 574 g/mol. The van der Waals surface area contributed by atoms with Crippen LogP contribution in [0.1, 0.15) is 26.3 Å². The Hall–Kier alpha value is -4.73. The molecule has 1 aliphatic heterocycles. The number of piperazine rings is 1. The standard InChI is InChI=1S/C32H32F2N4O4/c1-32(2,3)42-31(41)37-15-13-36(14-16-37)28-19-27-25(18-26(28)34)30(40)21(17-29(39)35-23-7-5-4-6-8-23)20-38(27)24-11-9-22(33)10-12-24/h4-12,18-20H,13-17H2,1-3H3,(H,35,39). The summed E-state index contributed by atoms with van der Waals surface area (Å²) in [4.78, 5) is 42.2. The van der Waals surface area contributed by atoms with E-state index in [0.29, 0.717) is 43.1 Å². The molecule has 1 aromatic heterocycles. The molecule has 5 rings (SSSR count). The van der Waals surface area contributed by atoms with Crippen molar-refractivity contribution < 1.29 is 23.1 Å². The number of hydrogen-bond donors (Lipinski definition) is 1. The zero-order valence-corrected chi connectivity index (χ0v) is 23.7. The Bertz CT molecular complexity index is 1670. The second-order valence-electron chi connectivity index (χ2n) is 11.2. The van der Waals surface area contributed by atoms with Crippen molar-refractivity contribution >= 4 is 34.3 Å². The molecular weight excluding hydrogens is 542 g/mol. The summed E-state index contributed by atoms with van der Waals surface area (Å²) in [5, 5.41) is 2.86. The Labute approximate surface area is 242 Å². The second kappa shape index (κ2) is 11.6. The molecule has 8 nitrogen and oxygen atoms in total. The molecule has 0 bridgehead atoms. The van der Waals surface area contributed by atoms with Crippen LogP contribution in [0, 0.1) is 11.6 Å². The van der Waals surface area contributed by atoms with Gasteiger partial charge >= 0.3 is 6.09 Å². The summed E-state index contributed by atoms with van der Waals surface area (Å²) in [7, 11) is 0. The number of aromatic nitrogens is 1. The molecule has 0 unspecified atom stereocenters. The highest BCUT2D eigenvalue weighted by Crippen LogP contribution is 2.28. The molecule has 1 fully saturated rings. The van der Waals surface area contributed by atoms with Crippen molar-refractivity contribution in [1.29, 1.82) is 0 Å². The first kappa shape index (κ1) is 28.8. The van der Waals surface area contributed by atoms with Crippen molar-refractivity contribution in [3.05, 3.63) is 100 Å². The highest BCUT2D eigenvalue weighted by atomic mass is 19.1. The molecule has 42 heavy (non-hydrogen) atoms. The van der Waals surface area contributed by atoms with Gasteiger partial charge in [-0.3, -0.25) is 9.59 Å². The van der Waals surface area contributed by atoms with E-state index < -0.39 is 34.7 Å². The summed E-state index contributed by atoms with van der Waals surface area (Å²) >= 11 is 0. The van der Waals surface area contributed by atoms with Gasteiger partial charge in [0.15, 0.2) is 5.43 Å². The largest absolute Gasteiger partial charge is 0.444 e. The molecule has 0 atom stereocenters. The molecule has 1 N–H and O–H groups in total. The van der Waals surface area contributed by atoms with Gasteiger partial charge in [0, 0.05) is 54.7 Å². The van der Waals surface area contributed by atoms with Gasteiger partial charge in [-0.05, 0) is 69.3 Å². The number of anilines is 2. The average Bonchev–Trinajstić information content (AvgIpc) is 2.95. The van der Waals surface area contributed by atoms with Crippen LogP contribution < -0.4 is 15.6 Å². The highest BCUT2D eigenvalue weighted by molar-refractivity contribution is 5.93. The molecule has 0 radical (unpaired) electrons. The molecule has 4 aromatic rings. The number of pyridine rings is 1. The Morgan fingerprint density at radius 1 is 0.929 bits per heavy atom. The van der Waals surface area contributed by atoms with Crippen LogP contribution in [0.15, 0.2) is 77.7 Å². The second-order valence-corrected chi connectivity index (χ2v) is 11.2. The predicted molar refractivity (Wildman–Crippen MR) is 158 cm³/mol. The van der Waals surface area contributed by atoms with E-state index in [-0.39, 0.29) is 23.1 Å². The van der Waals surface area contributed by atoms with Gasteiger partial charge in [-0.25, -0.2) is 13.6 Å². The van der Waals surface area contributed by atoms with Gasteiger partial charge in [-0.1, -0.05) is 18.2 Å². The van der Waals surface area contributed by atoms with E-state index in [0.717, 1.165) is 0 Å². The number of ether oxygens (including phenoxy) is 1. The van der Waals surface area contributed by atoms with Gasteiger partial charge in [0.25, 0.3) is 0 Å². The fourth-order valence-corrected chi connectivity index (χ4v) is 4.93. The minimum absolute atomic E-state index is 0.0953. The average molecular weight is 575 g/mol. The quantitative estimate of drug-likeness (QED) is 0.340. The third kappa shape index (κ3) is 6.43. The summed E-state index contributed by atoms with van der Waals surface area (Å²) in [5.41, 5.74) is 0.887. The molecule has 0 spiro atoms. The number of benzene rings is 3. The van der Waals surface area contributed by atoms with Crippen molar-refractivity contribution in [3.8, 4) is 5.69 Å². The molecule has 218 valence electrons. The lowest BCUT2D eigenvalue weighted by atomic mass is 10.1. The van der Waals surface area contributed by atoms with E-state index in [2.05, 4.69) is 5.32 Å². The Balaban J connectivity index is 1.49. The van der Waals surface area contributed by atoms with Crippen LogP contribution in [-0.2, 0) is 16.0 Å². The van der Waals surface area contributed by atoms with Crippen LogP contribution in [0.3, 0.4) is 0 Å². The van der Waals surface area contributed by atoms with Crippen LogP contribution in [0.5, 0.6) is 0 Å². The molecular formula is C32H32F2N4O4. The van der Waals surface area contributed by atoms with Gasteiger partial charge in [0.2, 0.25) is 5.91 Å². The molecule has 0 aliphatic carbocycles. The molecule has 1 saturated heterocycles. The Morgan fingerprint density at radius 2 is 1.60 bits per heavy atom. The van der Waals surface area contributed by atoms with E-state index in [9.17, 15) is 18.8 Å². The summed E-state index contributed by atoms with van der Waals surface area (Å²) in [6, 6.07) is 17.3. The highest BCUT2D eigenvalue weighted by Gasteiger charge is 2.27. The third-order valence-corrected chi connectivity index (χ3v) is 6.93. The van der Waals surface area contributed by atoms with Gasteiger partial charge in [0.1, 0.15) is 17.2 Å². The molecule has 0 saturated carbocycles. The fourth-order valence-electron chi connectivity index (χ4n) is 4.93. The van der Waals surface area contributed by atoms with Crippen LogP contribution in [0.4, 0.5) is 25.0 Å². The summed E-state index contributed by atoms with van der Waals surface area (Å²) in [5.74, 6) is -1.42. The molecule has 2 amide bonds. The minimum Gasteiger partial charge on any atom is -0.444 e. The van der Waals surface area contributed by atoms with Gasteiger partial charge in [0.05, 0.1) is 17.6 Å². The lowest BCUT2D eigenvalue weighted by Gasteiger charge is -2.37. The first-order chi connectivity index (χ1) is 20.0. The summed E-state index contributed by atoms with van der Waals surface area (Å²) in [6.07, 6.45) is 0.890. The summed E-state index contributed by atoms with van der Waals surface area (Å²) < 4.78 is 36.5. The Morgan fingerprint density at radius 3 is 2.24 bits per heavy atom. The van der Waals surface area contributed by atoms with Gasteiger partial charge < -0.3 is 24.4 Å². The van der Waals surface area contributed by atoms with Crippen molar-refractivity contribution in [1.82, 2.24) is 9.47 Å². The maximum absolute atomic E-state index is 15.6. The minimum atomic E-state index is -0.621. The van der Waals surface area contributed by atoms with Crippen molar-refractivity contribution in [2.75, 3.05) is 36.4 Å². The Kier molecular flexibility index (Phi) is 7.98. The first-order valence-corrected chi connectivity index (χ1v) is 13.7. The normalized spacial score (nSPS) is 13.7. The van der Waals surface area contributed by atoms with Gasteiger partial charge in [-0.15, -0.1) is 0 Å². The third-order valence-electron chi connectivity index (χ3n) is 6.93. The number of rotatable bonds is 5. The first-order valence-electron chi connectivity index (χ1n) is 13.7. The van der Waals surface area contributed by atoms with Crippen molar-refractivity contribution in [3.63, 3.8) is 0 Å². The van der Waals surface area contributed by atoms with E-state index in [1.807, 2.05) is 11.0 Å². The number of carbonyl (C=O) groups excluding carboxylic acids is 2. The van der Waals surface area contributed by atoms with Gasteiger partial charge in [-0.2, -0.15) is 0 Å². The topological polar surface area (TPSA) is 83.9 Å². The zero-order chi connectivity index (χ0) is 30.0. The number of nitrogens with zero attached hydrogens (tertiary/aromatic N) is 3. The number of para-hydroxylation sites is 1. The lowest BCUT2D eigenvalue weighted by molar-refractivity contribution is -0.115. The molecule has 10 heteroatoms. The van der Waals surface area contributed by atoms with Crippen LogP contribution in [0.25, 0.3) is 16.6 Å². The molecule has 2 heterocycles. The predicted octanol–water partition coefficient (Wildman–Crippen LogP) is 5.51. The molecule has 3 aromatic carbocycles. The maximum atomic E-state index is 15.6.